The summed E-state index contributed by atoms with van der Waals surface area (Å²) in [5, 5.41) is 9.77. The van der Waals surface area contributed by atoms with E-state index in [-0.39, 0.29) is 23.0 Å². The standard InChI is InChI=1S/C11H13ClFNO.ClH/c1-2-3-4-9(14)10-7(12)5-6-8(13)11(10)15;/h2,5-6,9,15H,1,3-4,14H2;1H/t9-;/m1./s1. The summed E-state index contributed by atoms with van der Waals surface area (Å²) < 4.78 is 13.1. The van der Waals surface area contributed by atoms with E-state index >= 15 is 0 Å². The van der Waals surface area contributed by atoms with Crippen molar-refractivity contribution < 1.29 is 9.50 Å². The van der Waals surface area contributed by atoms with Gasteiger partial charge < -0.3 is 10.8 Å². The third-order valence-electron chi connectivity index (χ3n) is 2.17. The van der Waals surface area contributed by atoms with Crippen LogP contribution in [0.1, 0.15) is 24.4 Å². The van der Waals surface area contributed by atoms with Crippen LogP contribution in [0.5, 0.6) is 5.75 Å². The van der Waals surface area contributed by atoms with E-state index in [1.165, 1.54) is 6.07 Å². The Hall–Kier alpha value is -0.770. The van der Waals surface area contributed by atoms with Gasteiger partial charge in [-0.1, -0.05) is 17.7 Å². The number of rotatable bonds is 4. The Morgan fingerprint density at radius 3 is 2.75 bits per heavy atom. The highest BCUT2D eigenvalue weighted by Gasteiger charge is 2.17. The second kappa shape index (κ2) is 6.74. The minimum atomic E-state index is -0.705. The number of hydrogen-bond acceptors (Lipinski definition) is 2. The molecule has 0 spiro atoms. The van der Waals surface area contributed by atoms with Crippen LogP contribution in [0, 0.1) is 5.82 Å². The van der Waals surface area contributed by atoms with E-state index in [4.69, 9.17) is 17.3 Å². The molecule has 0 saturated carbocycles. The lowest BCUT2D eigenvalue weighted by atomic mass is 10.0. The molecule has 0 unspecified atom stereocenters. The molecular weight excluding hydrogens is 252 g/mol. The molecule has 16 heavy (non-hydrogen) atoms. The number of nitrogens with two attached hydrogens (primary N) is 1. The third-order valence-corrected chi connectivity index (χ3v) is 2.50. The van der Waals surface area contributed by atoms with Crippen LogP contribution in [-0.4, -0.2) is 5.11 Å². The molecule has 3 N–H and O–H groups in total. The zero-order valence-electron chi connectivity index (χ0n) is 8.62. The average molecular weight is 266 g/mol. The van der Waals surface area contributed by atoms with E-state index < -0.39 is 17.6 Å². The maximum absolute atomic E-state index is 13.1. The summed E-state index contributed by atoms with van der Waals surface area (Å²) in [4.78, 5) is 0. The zero-order valence-corrected chi connectivity index (χ0v) is 10.2. The Morgan fingerprint density at radius 2 is 2.19 bits per heavy atom. The van der Waals surface area contributed by atoms with Gasteiger partial charge in [-0.3, -0.25) is 0 Å². The number of phenolic OH excluding ortho intramolecular Hbond substituents is 1. The summed E-state index contributed by atoms with van der Waals surface area (Å²) in [6, 6.07) is 2.02. The fourth-order valence-electron chi connectivity index (χ4n) is 1.35. The van der Waals surface area contributed by atoms with Crippen LogP contribution < -0.4 is 5.73 Å². The van der Waals surface area contributed by atoms with Crippen molar-refractivity contribution in [3.63, 3.8) is 0 Å². The molecule has 90 valence electrons. The highest BCUT2D eigenvalue weighted by molar-refractivity contribution is 6.31. The van der Waals surface area contributed by atoms with Crippen molar-refractivity contribution in [1.82, 2.24) is 0 Å². The van der Waals surface area contributed by atoms with Crippen LogP contribution in [0.3, 0.4) is 0 Å². The second-order valence-electron chi connectivity index (χ2n) is 3.26. The summed E-state index contributed by atoms with van der Waals surface area (Å²) >= 11 is 5.84. The van der Waals surface area contributed by atoms with Crippen LogP contribution in [0.25, 0.3) is 0 Å². The Balaban J connectivity index is 0.00000225. The van der Waals surface area contributed by atoms with Gasteiger partial charge in [0, 0.05) is 16.6 Å². The highest BCUT2D eigenvalue weighted by atomic mass is 35.5. The van der Waals surface area contributed by atoms with E-state index in [9.17, 15) is 9.50 Å². The number of benzene rings is 1. The van der Waals surface area contributed by atoms with Crippen LogP contribution >= 0.6 is 24.0 Å². The molecule has 5 heteroatoms. The molecule has 1 aromatic rings. The highest BCUT2D eigenvalue weighted by Crippen LogP contribution is 2.34. The predicted octanol–water partition coefficient (Wildman–Crippen LogP) is 3.57. The molecule has 1 aromatic carbocycles. The SMILES string of the molecule is C=CCC[C@@H](N)c1c(Cl)ccc(F)c1O.Cl. The van der Waals surface area contributed by atoms with E-state index in [0.29, 0.717) is 12.8 Å². The summed E-state index contributed by atoms with van der Waals surface area (Å²) in [6.07, 6.45) is 2.97. The number of halogens is 3. The smallest absolute Gasteiger partial charge is 0.165 e. The molecule has 0 aliphatic carbocycles. The predicted molar refractivity (Wildman–Crippen MR) is 66.7 cm³/mol. The molecule has 0 bridgehead atoms. The fourth-order valence-corrected chi connectivity index (χ4v) is 1.64. The van der Waals surface area contributed by atoms with Crippen molar-refractivity contribution in [2.75, 3.05) is 0 Å². The number of allylic oxidation sites excluding steroid dienone is 1. The van der Waals surface area contributed by atoms with E-state index in [0.717, 1.165) is 6.07 Å². The Bertz CT molecular complexity index is 371. The van der Waals surface area contributed by atoms with Crippen molar-refractivity contribution in [3.05, 3.63) is 41.2 Å². The first kappa shape index (κ1) is 15.2. The van der Waals surface area contributed by atoms with Crippen LogP contribution in [0.4, 0.5) is 4.39 Å². The normalized spacial score (nSPS) is 11.7. The Morgan fingerprint density at radius 1 is 1.56 bits per heavy atom. The monoisotopic (exact) mass is 265 g/mol. The molecule has 0 heterocycles. The van der Waals surface area contributed by atoms with Crippen LogP contribution in [0.2, 0.25) is 5.02 Å². The minimum Gasteiger partial charge on any atom is -0.505 e. The van der Waals surface area contributed by atoms with Crippen molar-refractivity contribution >= 4 is 24.0 Å². The quantitative estimate of drug-likeness (QED) is 0.818. The molecule has 0 aliphatic heterocycles. The molecule has 0 saturated heterocycles. The molecule has 2 nitrogen and oxygen atoms in total. The summed E-state index contributed by atoms with van der Waals surface area (Å²) in [5.74, 6) is -1.16. The van der Waals surface area contributed by atoms with Gasteiger partial charge in [-0.2, -0.15) is 0 Å². The lowest BCUT2D eigenvalue weighted by Crippen LogP contribution is -2.11. The van der Waals surface area contributed by atoms with E-state index in [1.54, 1.807) is 6.08 Å². The number of phenols is 1. The Labute approximate surface area is 105 Å². The number of aromatic hydroxyl groups is 1. The van der Waals surface area contributed by atoms with Gasteiger partial charge in [0.2, 0.25) is 0 Å². The molecule has 1 rings (SSSR count). The molecule has 0 aromatic heterocycles. The molecule has 0 aliphatic rings. The molecule has 0 radical (unpaired) electrons. The van der Waals surface area contributed by atoms with Gasteiger partial charge in [0.05, 0.1) is 0 Å². The topological polar surface area (TPSA) is 46.2 Å². The first-order valence-corrected chi connectivity index (χ1v) is 4.99. The molecule has 1 atom stereocenters. The number of hydrogen-bond donors (Lipinski definition) is 2. The summed E-state index contributed by atoms with van der Waals surface area (Å²) in [6.45, 7) is 3.56. The molecule has 0 fully saturated rings. The fraction of sp³-hybridized carbons (Fsp3) is 0.273. The summed E-state index contributed by atoms with van der Waals surface area (Å²) in [5.41, 5.74) is 6.06. The van der Waals surface area contributed by atoms with Crippen molar-refractivity contribution in [2.45, 2.75) is 18.9 Å². The Kier molecular flexibility index (Phi) is 6.41. The van der Waals surface area contributed by atoms with Crippen LogP contribution in [0.15, 0.2) is 24.8 Å². The van der Waals surface area contributed by atoms with Gasteiger partial charge in [-0.05, 0) is 25.0 Å². The van der Waals surface area contributed by atoms with E-state index in [2.05, 4.69) is 6.58 Å². The van der Waals surface area contributed by atoms with E-state index in [1.807, 2.05) is 0 Å². The first-order chi connectivity index (χ1) is 7.07. The second-order valence-corrected chi connectivity index (χ2v) is 3.67. The zero-order chi connectivity index (χ0) is 11.4. The lowest BCUT2D eigenvalue weighted by Gasteiger charge is -2.14. The largest absolute Gasteiger partial charge is 0.505 e. The minimum absolute atomic E-state index is 0. The molecular formula is C11H14Cl2FNO. The first-order valence-electron chi connectivity index (χ1n) is 4.61. The van der Waals surface area contributed by atoms with Crippen molar-refractivity contribution in [1.29, 1.82) is 0 Å². The van der Waals surface area contributed by atoms with Gasteiger partial charge in [0.15, 0.2) is 11.6 Å². The van der Waals surface area contributed by atoms with Gasteiger partial charge in [-0.25, -0.2) is 4.39 Å². The van der Waals surface area contributed by atoms with Gasteiger partial charge in [0.1, 0.15) is 0 Å². The van der Waals surface area contributed by atoms with Crippen molar-refractivity contribution in [3.8, 4) is 5.75 Å². The average Bonchev–Trinajstić information content (AvgIpc) is 2.21. The maximum atomic E-state index is 13.1. The maximum Gasteiger partial charge on any atom is 0.165 e. The summed E-state index contributed by atoms with van der Waals surface area (Å²) in [7, 11) is 0. The van der Waals surface area contributed by atoms with Gasteiger partial charge in [-0.15, -0.1) is 19.0 Å². The van der Waals surface area contributed by atoms with Crippen molar-refractivity contribution in [2.24, 2.45) is 5.73 Å². The third kappa shape index (κ3) is 3.37. The van der Waals surface area contributed by atoms with Crippen LogP contribution in [-0.2, 0) is 0 Å². The lowest BCUT2D eigenvalue weighted by molar-refractivity contribution is 0.419. The van der Waals surface area contributed by atoms with Gasteiger partial charge in [0.25, 0.3) is 0 Å². The molecule has 0 amide bonds. The van der Waals surface area contributed by atoms with Gasteiger partial charge >= 0.3 is 0 Å².